The summed E-state index contributed by atoms with van der Waals surface area (Å²) in [5, 5.41) is 0. The van der Waals surface area contributed by atoms with Gasteiger partial charge < -0.3 is 0 Å². The lowest BCUT2D eigenvalue weighted by molar-refractivity contribution is 0.374. The van der Waals surface area contributed by atoms with Crippen molar-refractivity contribution in [2.24, 2.45) is 0 Å². The molecule has 0 N–H and O–H groups in total. The largest absolute Gasteiger partial charge is 0.207 e. The minimum absolute atomic E-state index is 0.184. The molecule has 0 aliphatic rings. The van der Waals surface area contributed by atoms with Gasteiger partial charge in [-0.05, 0) is 92.5 Å². The van der Waals surface area contributed by atoms with E-state index in [4.69, 9.17) is 0 Å². The highest BCUT2D eigenvalue weighted by atomic mass is 79.9. The van der Waals surface area contributed by atoms with E-state index < -0.39 is 74.3 Å². The van der Waals surface area contributed by atoms with Gasteiger partial charge in [0.05, 0.1) is 8.95 Å². The molecule has 0 bridgehead atoms. The summed E-state index contributed by atoms with van der Waals surface area (Å²) in [6, 6.07) is 14.4. The Labute approximate surface area is 305 Å². The maximum atomic E-state index is 12.4. The molecule has 48 heavy (non-hydrogen) atoms. The third-order valence-electron chi connectivity index (χ3n) is 4.62. The zero-order valence-corrected chi connectivity index (χ0v) is 30.7. The van der Waals surface area contributed by atoms with E-state index in [2.05, 4.69) is 79.6 Å². The molecule has 0 atom stereocenters. The summed E-state index contributed by atoms with van der Waals surface area (Å²) < 4.78 is 159. The van der Waals surface area contributed by atoms with Gasteiger partial charge in [0.25, 0.3) is 0 Å². The van der Waals surface area contributed by atoms with Gasteiger partial charge in [-0.15, -0.1) is 0 Å². The second kappa shape index (κ2) is 21.0. The van der Waals surface area contributed by atoms with Gasteiger partial charge in [0, 0.05) is 25.6 Å². The van der Waals surface area contributed by atoms with E-state index in [0.29, 0.717) is 4.47 Å². The Kier molecular flexibility index (Phi) is 19.0. The van der Waals surface area contributed by atoms with Crippen molar-refractivity contribution in [3.8, 4) is 0 Å². The molecule has 5 aromatic rings. The molecule has 0 radical (unpaired) electrons. The number of hydrogen-bond donors (Lipinski definition) is 0. The fraction of sp³-hybridized carbons (Fsp3) is 0. The molecule has 258 valence electrons. The molecular weight excluding hydrogens is 1010 g/mol. The smallest absolute Gasteiger partial charge is 0.200 e. The summed E-state index contributed by atoms with van der Waals surface area (Å²) in [6.07, 6.45) is 0. The molecule has 0 heterocycles. The van der Waals surface area contributed by atoms with Crippen LogP contribution in [0, 0.1) is 75.6 Å². The van der Waals surface area contributed by atoms with Gasteiger partial charge in [0.2, 0.25) is 5.82 Å². The normalized spacial score (nSPS) is 9.88. The molecule has 0 amide bonds. The Balaban J connectivity index is 0.000000302. The van der Waals surface area contributed by atoms with Crippen molar-refractivity contribution >= 4 is 79.6 Å². The lowest BCUT2D eigenvalue weighted by Crippen LogP contribution is -2.01. The monoisotopic (exact) mass is 1010 g/mol. The van der Waals surface area contributed by atoms with Gasteiger partial charge in [-0.25, -0.2) is 57.1 Å². The average Bonchev–Trinajstić information content (AvgIpc) is 3.01. The highest BCUT2D eigenvalue weighted by Gasteiger charge is 2.23. The van der Waals surface area contributed by atoms with E-state index in [9.17, 15) is 57.1 Å². The second-order valence-corrected chi connectivity index (χ2v) is 12.5. The van der Waals surface area contributed by atoms with Crippen LogP contribution in [0.3, 0.4) is 0 Å². The highest BCUT2D eigenvalue weighted by Crippen LogP contribution is 2.27. The minimum Gasteiger partial charge on any atom is -0.207 e. The zero-order chi connectivity index (χ0) is 36.9. The lowest BCUT2D eigenvalue weighted by atomic mass is 10.3. The first-order valence-electron chi connectivity index (χ1n) is 11.8. The number of rotatable bonds is 0. The average molecular weight is 1020 g/mol. The van der Waals surface area contributed by atoms with Crippen LogP contribution in [0.1, 0.15) is 0 Å². The Hall–Kier alpha value is -2.41. The molecule has 0 saturated heterocycles. The van der Waals surface area contributed by atoms with Crippen molar-refractivity contribution in [1.82, 2.24) is 0 Å². The molecule has 18 heteroatoms. The summed E-state index contributed by atoms with van der Waals surface area (Å²) in [5.74, 6) is -16.1. The number of halogens is 18. The van der Waals surface area contributed by atoms with Crippen molar-refractivity contribution in [1.29, 1.82) is 0 Å². The molecule has 0 unspecified atom stereocenters. The SMILES string of the molecule is Fc1c(F)c(F)c(Br)c(F)c1F.Fc1cc(Br)cc(F)c1F.Fc1cc(F)cc(Br)c1.Fc1ccc(Br)c(F)c1.Fc1ccc(Br)cc1. The topological polar surface area (TPSA) is 0 Å². The molecule has 0 saturated carbocycles. The molecule has 0 aliphatic heterocycles. The van der Waals surface area contributed by atoms with E-state index in [1.807, 2.05) is 0 Å². The quantitative estimate of drug-likeness (QED) is 0.0824. The van der Waals surface area contributed by atoms with Crippen molar-refractivity contribution in [3.63, 3.8) is 0 Å². The predicted molar refractivity (Wildman–Crippen MR) is 170 cm³/mol. The Morgan fingerprint density at radius 1 is 0.292 bits per heavy atom. The maximum Gasteiger partial charge on any atom is 0.200 e. The summed E-state index contributed by atoms with van der Waals surface area (Å²) in [4.78, 5) is 0. The van der Waals surface area contributed by atoms with Crippen LogP contribution in [0.5, 0.6) is 0 Å². The first-order chi connectivity index (χ1) is 22.2. The predicted octanol–water partition coefficient (Wildman–Crippen LogP) is 14.1. The van der Waals surface area contributed by atoms with E-state index in [1.54, 1.807) is 12.1 Å². The van der Waals surface area contributed by atoms with Gasteiger partial charge >= 0.3 is 0 Å². The molecule has 0 spiro atoms. The van der Waals surface area contributed by atoms with Crippen LogP contribution in [0.4, 0.5) is 57.1 Å². The maximum absolute atomic E-state index is 12.4. The van der Waals surface area contributed by atoms with Crippen molar-refractivity contribution < 1.29 is 57.1 Å². The van der Waals surface area contributed by atoms with Crippen molar-refractivity contribution in [3.05, 3.63) is 171 Å². The summed E-state index contributed by atoms with van der Waals surface area (Å²) in [7, 11) is 0. The van der Waals surface area contributed by atoms with Gasteiger partial charge in [-0.3, -0.25) is 0 Å². The van der Waals surface area contributed by atoms with Crippen LogP contribution in [0.25, 0.3) is 0 Å². The Morgan fingerprint density at radius 3 is 1.06 bits per heavy atom. The molecule has 0 fully saturated rings. The van der Waals surface area contributed by atoms with E-state index in [-0.39, 0.29) is 14.8 Å². The molecule has 0 aliphatic carbocycles. The summed E-state index contributed by atoms with van der Waals surface area (Å²) >= 11 is 14.0. The standard InChI is InChI=1S/C6BrF5.C6H2BrF3.2C6H3BrF2.C6H4BrF/c7-1-2(8)4(10)6(12)5(11)3(1)9;7-3-1-4(8)6(10)5(9)2-3;7-4-1-5(8)3-6(9)2-4;7-5-2-1-4(8)3-6(5)9;7-5-1-3-6(8)4-2-5/h;1-2H;2*1-3H;1-4H. The third-order valence-corrected chi connectivity index (χ3v) is 7.40. The Bertz CT molecular complexity index is 1620. The van der Waals surface area contributed by atoms with Gasteiger partial charge in [-0.1, -0.05) is 47.8 Å². The summed E-state index contributed by atoms with van der Waals surface area (Å²) in [5.41, 5.74) is 0. The van der Waals surface area contributed by atoms with Gasteiger partial charge in [0.1, 0.15) is 29.1 Å². The van der Waals surface area contributed by atoms with Crippen LogP contribution >= 0.6 is 79.6 Å². The van der Waals surface area contributed by atoms with Crippen LogP contribution in [0.2, 0.25) is 0 Å². The van der Waals surface area contributed by atoms with Gasteiger partial charge in [0.15, 0.2) is 40.7 Å². The number of benzene rings is 5. The van der Waals surface area contributed by atoms with E-state index >= 15 is 0 Å². The zero-order valence-electron chi connectivity index (χ0n) is 22.7. The Morgan fingerprint density at radius 2 is 0.688 bits per heavy atom. The highest BCUT2D eigenvalue weighted by molar-refractivity contribution is 9.11. The minimum atomic E-state index is -2.16. The fourth-order valence-corrected chi connectivity index (χ4v) is 4.22. The van der Waals surface area contributed by atoms with E-state index in [0.717, 1.165) is 28.7 Å². The molecular formula is C30H12Br5F13. The molecule has 0 aromatic heterocycles. The van der Waals surface area contributed by atoms with Crippen molar-refractivity contribution in [2.45, 2.75) is 0 Å². The molecule has 5 aromatic carbocycles. The van der Waals surface area contributed by atoms with Crippen LogP contribution in [-0.2, 0) is 0 Å². The third kappa shape index (κ3) is 15.0. The van der Waals surface area contributed by atoms with Crippen LogP contribution in [-0.4, -0.2) is 0 Å². The molecule has 0 nitrogen and oxygen atoms in total. The number of hydrogen-bond acceptors (Lipinski definition) is 0. The second-order valence-electron chi connectivity index (χ2n) is 8.15. The van der Waals surface area contributed by atoms with E-state index in [1.165, 1.54) is 36.4 Å². The molecule has 5 rings (SSSR count). The van der Waals surface area contributed by atoms with Crippen LogP contribution in [0.15, 0.2) is 95.2 Å². The summed E-state index contributed by atoms with van der Waals surface area (Å²) in [6.45, 7) is 0. The first-order valence-corrected chi connectivity index (χ1v) is 15.8. The lowest BCUT2D eigenvalue weighted by Gasteiger charge is -2.00. The van der Waals surface area contributed by atoms with Crippen molar-refractivity contribution in [2.75, 3.05) is 0 Å². The van der Waals surface area contributed by atoms with Gasteiger partial charge in [-0.2, -0.15) is 0 Å². The first kappa shape index (κ1) is 43.6. The van der Waals surface area contributed by atoms with Crippen LogP contribution < -0.4 is 0 Å². The fourth-order valence-electron chi connectivity index (χ4n) is 2.52.